The largest absolute Gasteiger partial charge is 0.496 e. The topological polar surface area (TPSA) is 127 Å². The van der Waals surface area contributed by atoms with Gasteiger partial charge in [0.2, 0.25) is 0 Å². The van der Waals surface area contributed by atoms with Gasteiger partial charge in [0, 0.05) is 28.6 Å². The van der Waals surface area contributed by atoms with Crippen LogP contribution in [0.3, 0.4) is 0 Å². The van der Waals surface area contributed by atoms with Crippen molar-refractivity contribution in [2.75, 3.05) is 20.7 Å². The number of nitrogens with one attached hydrogen (secondary N) is 2. The highest BCUT2D eigenvalue weighted by Gasteiger charge is 2.28. The molecule has 3 N–H and O–H groups in total. The molecule has 32 heavy (non-hydrogen) atoms. The molecule has 168 valence electrons. The number of likely N-dealkylation sites (N-methyl/N-ethyl adjacent to an activating group) is 1. The Labute approximate surface area is 190 Å². The molecule has 0 saturated carbocycles. The molecule has 3 heterocycles. The SMILES string of the molecule is CNCCc1cc2nn(Cc3ncc(C)c(OC)c3C)nc3c-2c1CSN=C3NC(=O)O. The van der Waals surface area contributed by atoms with E-state index in [1.165, 1.54) is 11.9 Å². The van der Waals surface area contributed by atoms with Crippen molar-refractivity contribution in [2.24, 2.45) is 4.40 Å². The lowest BCUT2D eigenvalue weighted by Gasteiger charge is -2.15. The fourth-order valence-corrected chi connectivity index (χ4v) is 4.72. The Morgan fingerprint density at radius 1 is 1.34 bits per heavy atom. The summed E-state index contributed by atoms with van der Waals surface area (Å²) < 4.78 is 9.91. The molecule has 3 aliphatic rings. The van der Waals surface area contributed by atoms with Crippen molar-refractivity contribution in [3.8, 4) is 17.0 Å². The quantitative estimate of drug-likeness (QED) is 0.484. The molecule has 1 aromatic rings. The van der Waals surface area contributed by atoms with Crippen molar-refractivity contribution < 1.29 is 14.6 Å². The second-order valence-electron chi connectivity index (χ2n) is 7.53. The Balaban J connectivity index is 1.84. The smallest absolute Gasteiger partial charge is 0.410 e. The molecule has 4 rings (SSSR count). The second kappa shape index (κ2) is 9.13. The second-order valence-corrected chi connectivity index (χ2v) is 8.26. The number of amides is 1. The van der Waals surface area contributed by atoms with Gasteiger partial charge in [-0.25, -0.2) is 4.79 Å². The summed E-state index contributed by atoms with van der Waals surface area (Å²) in [6, 6.07) is 2.06. The van der Waals surface area contributed by atoms with E-state index in [4.69, 9.17) is 9.84 Å². The minimum Gasteiger partial charge on any atom is -0.496 e. The molecule has 0 spiro atoms. The minimum atomic E-state index is -1.19. The molecule has 1 aliphatic carbocycles. The monoisotopic (exact) mass is 455 g/mol. The van der Waals surface area contributed by atoms with Crippen LogP contribution in [0.25, 0.3) is 11.3 Å². The molecule has 1 aromatic heterocycles. The molecule has 0 bridgehead atoms. The highest BCUT2D eigenvalue weighted by molar-refractivity contribution is 7.97. The van der Waals surface area contributed by atoms with Crippen LogP contribution in [0.15, 0.2) is 16.7 Å². The number of aryl methyl sites for hydroxylation is 1. The molecule has 10 nitrogen and oxygen atoms in total. The lowest BCUT2D eigenvalue weighted by molar-refractivity contribution is 0.200. The number of amidine groups is 1. The van der Waals surface area contributed by atoms with Crippen LogP contribution in [0, 0.1) is 13.8 Å². The number of rotatable bonds is 6. The number of nitrogens with zero attached hydrogens (tertiary/aromatic N) is 5. The lowest BCUT2D eigenvalue weighted by atomic mass is 10.1. The van der Waals surface area contributed by atoms with Crippen molar-refractivity contribution in [1.82, 2.24) is 30.6 Å². The molecule has 0 aromatic carbocycles. The van der Waals surface area contributed by atoms with E-state index in [2.05, 4.69) is 31.2 Å². The first kappa shape index (κ1) is 22.0. The number of carbonyl (C=O) groups is 1. The molecule has 0 radical (unpaired) electrons. The summed E-state index contributed by atoms with van der Waals surface area (Å²) in [5.41, 5.74) is 6.98. The molecular weight excluding hydrogens is 430 g/mol. The van der Waals surface area contributed by atoms with E-state index in [1.54, 1.807) is 18.1 Å². The van der Waals surface area contributed by atoms with E-state index in [0.29, 0.717) is 18.0 Å². The van der Waals surface area contributed by atoms with E-state index in [9.17, 15) is 9.90 Å². The van der Waals surface area contributed by atoms with Crippen molar-refractivity contribution in [2.45, 2.75) is 32.6 Å². The van der Waals surface area contributed by atoms with Crippen LogP contribution in [0.4, 0.5) is 4.79 Å². The molecular formula is C21H25N7O3S. The number of carboxylic acid groups (broad SMARTS) is 1. The van der Waals surface area contributed by atoms with Crippen LogP contribution in [0.5, 0.6) is 5.75 Å². The minimum absolute atomic E-state index is 0.208. The summed E-state index contributed by atoms with van der Waals surface area (Å²) in [7, 11) is 3.55. The zero-order valence-corrected chi connectivity index (χ0v) is 19.2. The molecule has 0 atom stereocenters. The van der Waals surface area contributed by atoms with Gasteiger partial charge in [-0.15, -0.1) is 0 Å². The first-order valence-electron chi connectivity index (χ1n) is 10.2. The van der Waals surface area contributed by atoms with Gasteiger partial charge < -0.3 is 15.2 Å². The van der Waals surface area contributed by atoms with Crippen LogP contribution in [0.1, 0.15) is 33.6 Å². The third-order valence-corrected chi connectivity index (χ3v) is 6.16. The average molecular weight is 456 g/mol. The molecule has 0 unspecified atom stereocenters. The fourth-order valence-electron chi connectivity index (χ4n) is 3.93. The maximum absolute atomic E-state index is 11.4. The summed E-state index contributed by atoms with van der Waals surface area (Å²) in [5, 5.41) is 24.3. The predicted molar refractivity (Wildman–Crippen MR) is 123 cm³/mol. The van der Waals surface area contributed by atoms with E-state index in [1.807, 2.05) is 20.9 Å². The van der Waals surface area contributed by atoms with E-state index in [-0.39, 0.29) is 5.84 Å². The third kappa shape index (κ3) is 4.13. The van der Waals surface area contributed by atoms with Gasteiger partial charge in [-0.1, -0.05) is 0 Å². The van der Waals surface area contributed by atoms with Crippen molar-refractivity contribution in [3.05, 3.63) is 45.9 Å². The average Bonchev–Trinajstić information content (AvgIpc) is 3.00. The van der Waals surface area contributed by atoms with Crippen LogP contribution in [0.2, 0.25) is 0 Å². The van der Waals surface area contributed by atoms with Gasteiger partial charge in [-0.3, -0.25) is 10.3 Å². The zero-order valence-electron chi connectivity index (χ0n) is 18.4. The Hall–Kier alpha value is -3.18. The molecule has 0 fully saturated rings. The van der Waals surface area contributed by atoms with Crippen LogP contribution in [-0.4, -0.2) is 57.7 Å². The highest BCUT2D eigenvalue weighted by atomic mass is 32.2. The number of hydrogen-bond donors (Lipinski definition) is 3. The van der Waals surface area contributed by atoms with Crippen LogP contribution >= 0.6 is 11.9 Å². The van der Waals surface area contributed by atoms with E-state index >= 15 is 0 Å². The summed E-state index contributed by atoms with van der Waals surface area (Å²) in [5.74, 6) is 1.62. The van der Waals surface area contributed by atoms with Gasteiger partial charge in [0.15, 0.2) is 5.84 Å². The zero-order chi connectivity index (χ0) is 22.8. The summed E-state index contributed by atoms with van der Waals surface area (Å²) >= 11 is 1.30. The fraction of sp³-hybridized carbons (Fsp3) is 0.381. The molecule has 11 heteroatoms. The lowest BCUT2D eigenvalue weighted by Crippen LogP contribution is -2.32. The first-order valence-corrected chi connectivity index (χ1v) is 11.1. The number of pyridine rings is 1. The number of aromatic nitrogens is 4. The maximum Gasteiger partial charge on any atom is 0.410 e. The van der Waals surface area contributed by atoms with Crippen molar-refractivity contribution in [1.29, 1.82) is 0 Å². The maximum atomic E-state index is 11.4. The van der Waals surface area contributed by atoms with E-state index < -0.39 is 6.09 Å². The van der Waals surface area contributed by atoms with Gasteiger partial charge >= 0.3 is 6.09 Å². The molecule has 1 amide bonds. The molecule has 0 saturated heterocycles. The van der Waals surface area contributed by atoms with Crippen LogP contribution in [-0.2, 0) is 18.7 Å². The van der Waals surface area contributed by atoms with E-state index in [0.717, 1.165) is 57.9 Å². The third-order valence-electron chi connectivity index (χ3n) is 5.43. The Morgan fingerprint density at radius 2 is 2.16 bits per heavy atom. The summed E-state index contributed by atoms with van der Waals surface area (Å²) in [6.07, 6.45) is 1.41. The van der Waals surface area contributed by atoms with Gasteiger partial charge in [0.25, 0.3) is 0 Å². The normalized spacial score (nSPS) is 13.1. The standard InChI is InChI=1S/C21H25N7O3S/c1-11-8-23-16(12(2)19(11)31-4)9-28-25-15-7-13(5-6-22-3)14-10-32-27-20(24-21(29)30)18(26-28)17(14)15/h7-8,22H,5-6,9-10H2,1-4H3,(H,24,27)(H,29,30). The van der Waals surface area contributed by atoms with Gasteiger partial charge in [-0.05, 0) is 63.0 Å². The predicted octanol–water partition coefficient (Wildman–Crippen LogP) is 2.39. The van der Waals surface area contributed by atoms with Gasteiger partial charge in [0.1, 0.15) is 18.0 Å². The Bertz CT molecular complexity index is 1170. The van der Waals surface area contributed by atoms with Gasteiger partial charge in [0.05, 0.1) is 18.5 Å². The van der Waals surface area contributed by atoms with Crippen molar-refractivity contribution in [3.63, 3.8) is 0 Å². The number of ether oxygens (including phenoxy) is 1. The van der Waals surface area contributed by atoms with Crippen LogP contribution < -0.4 is 15.4 Å². The Morgan fingerprint density at radius 3 is 2.88 bits per heavy atom. The Kier molecular flexibility index (Phi) is 6.28. The summed E-state index contributed by atoms with van der Waals surface area (Å²) in [6.45, 7) is 5.03. The van der Waals surface area contributed by atoms with Crippen molar-refractivity contribution >= 4 is 23.9 Å². The van der Waals surface area contributed by atoms with Gasteiger partial charge in [-0.2, -0.15) is 19.4 Å². The first-order chi connectivity index (χ1) is 15.4. The summed E-state index contributed by atoms with van der Waals surface area (Å²) in [4.78, 5) is 17.5. The number of methoxy groups -OCH3 is 1. The number of hydrogen-bond acceptors (Lipinski definition) is 8. The highest BCUT2D eigenvalue weighted by Crippen LogP contribution is 2.38. The molecule has 2 aliphatic heterocycles.